The van der Waals surface area contributed by atoms with Crippen molar-refractivity contribution in [3.63, 3.8) is 0 Å². The zero-order valence-corrected chi connectivity index (χ0v) is 9.71. The van der Waals surface area contributed by atoms with E-state index in [0.717, 1.165) is 12.8 Å². The number of esters is 1. The number of aliphatic hydroxyl groups excluding tert-OH is 1. The fraction of sp³-hybridized carbons (Fsp3) is 0.900. The number of methoxy groups -OCH3 is 1. The highest BCUT2D eigenvalue weighted by Gasteiger charge is 2.22. The topological polar surface area (TPSA) is 67.8 Å². The van der Waals surface area contributed by atoms with E-state index in [1.165, 1.54) is 7.11 Å². The minimum absolute atomic E-state index is 0.176. The van der Waals surface area contributed by atoms with E-state index >= 15 is 0 Å². The Morgan fingerprint density at radius 2 is 2.07 bits per heavy atom. The SMILES string of the molecule is COC(=O)CC(C)(C)NOCCCCO. The lowest BCUT2D eigenvalue weighted by Crippen LogP contribution is -2.41. The van der Waals surface area contributed by atoms with Gasteiger partial charge in [-0.15, -0.1) is 0 Å². The van der Waals surface area contributed by atoms with Gasteiger partial charge < -0.3 is 14.7 Å². The fourth-order valence-corrected chi connectivity index (χ4v) is 1.00. The lowest BCUT2D eigenvalue weighted by molar-refractivity contribution is -0.144. The molecule has 0 amide bonds. The van der Waals surface area contributed by atoms with Crippen LogP contribution >= 0.6 is 0 Å². The van der Waals surface area contributed by atoms with Crippen LogP contribution in [0.1, 0.15) is 33.1 Å². The Bertz CT molecular complexity index is 182. The van der Waals surface area contributed by atoms with Gasteiger partial charge >= 0.3 is 5.97 Å². The summed E-state index contributed by atoms with van der Waals surface area (Å²) < 4.78 is 4.56. The summed E-state index contributed by atoms with van der Waals surface area (Å²) in [6.07, 6.45) is 1.76. The van der Waals surface area contributed by atoms with Gasteiger partial charge in [-0.05, 0) is 26.7 Å². The van der Waals surface area contributed by atoms with Gasteiger partial charge in [0.15, 0.2) is 0 Å². The number of aliphatic hydroxyl groups is 1. The molecule has 0 aliphatic carbocycles. The van der Waals surface area contributed by atoms with E-state index in [-0.39, 0.29) is 19.0 Å². The highest BCUT2D eigenvalue weighted by molar-refractivity contribution is 5.70. The number of carbonyl (C=O) groups excluding carboxylic acids is 1. The highest BCUT2D eigenvalue weighted by atomic mass is 16.6. The summed E-state index contributed by atoms with van der Waals surface area (Å²) in [6.45, 7) is 4.41. The van der Waals surface area contributed by atoms with Crippen LogP contribution in [-0.4, -0.2) is 36.9 Å². The van der Waals surface area contributed by atoms with Crippen molar-refractivity contribution in [2.24, 2.45) is 0 Å². The van der Waals surface area contributed by atoms with E-state index < -0.39 is 5.54 Å². The van der Waals surface area contributed by atoms with Crippen LogP contribution < -0.4 is 5.48 Å². The summed E-state index contributed by atoms with van der Waals surface area (Å²) in [7, 11) is 1.36. The number of hydrogen-bond acceptors (Lipinski definition) is 5. The summed E-state index contributed by atoms with van der Waals surface area (Å²) in [4.78, 5) is 16.2. The maximum absolute atomic E-state index is 11.0. The molecule has 0 aliphatic heterocycles. The predicted molar refractivity (Wildman–Crippen MR) is 56.1 cm³/mol. The molecule has 0 saturated heterocycles. The van der Waals surface area contributed by atoms with Crippen molar-refractivity contribution >= 4 is 5.97 Å². The molecule has 0 aromatic rings. The van der Waals surface area contributed by atoms with E-state index in [0.29, 0.717) is 6.61 Å². The molecule has 0 aromatic carbocycles. The van der Waals surface area contributed by atoms with Crippen molar-refractivity contribution in [3.8, 4) is 0 Å². The highest BCUT2D eigenvalue weighted by Crippen LogP contribution is 2.09. The Morgan fingerprint density at radius 3 is 2.60 bits per heavy atom. The largest absolute Gasteiger partial charge is 0.469 e. The van der Waals surface area contributed by atoms with Crippen LogP contribution in [0.2, 0.25) is 0 Å². The summed E-state index contributed by atoms with van der Waals surface area (Å²) >= 11 is 0. The number of nitrogens with one attached hydrogen (secondary N) is 1. The van der Waals surface area contributed by atoms with Gasteiger partial charge in [0.1, 0.15) is 0 Å². The van der Waals surface area contributed by atoms with E-state index in [2.05, 4.69) is 10.2 Å². The maximum Gasteiger partial charge on any atom is 0.307 e. The third-order valence-electron chi connectivity index (χ3n) is 1.82. The van der Waals surface area contributed by atoms with Gasteiger partial charge in [-0.1, -0.05) is 0 Å². The van der Waals surface area contributed by atoms with Crippen molar-refractivity contribution < 1.29 is 19.5 Å². The van der Waals surface area contributed by atoms with Gasteiger partial charge in [0, 0.05) is 12.1 Å². The Labute approximate surface area is 90.7 Å². The van der Waals surface area contributed by atoms with Gasteiger partial charge in [0.05, 0.1) is 20.1 Å². The van der Waals surface area contributed by atoms with Crippen LogP contribution in [0.5, 0.6) is 0 Å². The molecule has 0 heterocycles. The van der Waals surface area contributed by atoms with Crippen molar-refractivity contribution in [2.45, 2.75) is 38.6 Å². The second-order valence-electron chi connectivity index (χ2n) is 4.02. The van der Waals surface area contributed by atoms with Crippen molar-refractivity contribution in [3.05, 3.63) is 0 Å². The fourth-order valence-electron chi connectivity index (χ4n) is 1.00. The molecular weight excluding hydrogens is 198 g/mol. The van der Waals surface area contributed by atoms with Gasteiger partial charge in [0.25, 0.3) is 0 Å². The molecule has 0 radical (unpaired) electrons. The van der Waals surface area contributed by atoms with Crippen LogP contribution in [0.4, 0.5) is 0 Å². The first-order valence-electron chi connectivity index (χ1n) is 5.08. The standard InChI is InChI=1S/C10H21NO4/c1-10(2,8-9(13)14-3)11-15-7-5-4-6-12/h11-12H,4-8H2,1-3H3. The van der Waals surface area contributed by atoms with Gasteiger partial charge in [-0.3, -0.25) is 4.79 Å². The minimum atomic E-state index is -0.438. The van der Waals surface area contributed by atoms with Crippen LogP contribution in [-0.2, 0) is 14.4 Å². The first-order chi connectivity index (χ1) is 7.02. The quantitative estimate of drug-likeness (QED) is 0.356. The summed E-state index contributed by atoms with van der Waals surface area (Å²) in [6, 6.07) is 0. The average Bonchev–Trinajstić information content (AvgIpc) is 2.16. The van der Waals surface area contributed by atoms with Gasteiger partial charge in [-0.2, -0.15) is 5.48 Å². The molecular formula is C10H21NO4. The number of carbonyl (C=O) groups is 1. The normalized spacial score (nSPS) is 11.5. The third kappa shape index (κ3) is 8.35. The molecule has 5 heteroatoms. The molecule has 0 aliphatic rings. The lowest BCUT2D eigenvalue weighted by Gasteiger charge is -2.24. The number of hydroxylamine groups is 1. The predicted octanol–water partition coefficient (Wildman–Crippen LogP) is 0.622. The second kappa shape index (κ2) is 7.62. The maximum atomic E-state index is 11.0. The molecule has 0 fully saturated rings. The molecule has 2 N–H and O–H groups in total. The molecule has 0 unspecified atom stereocenters. The molecule has 0 aromatic heterocycles. The van der Waals surface area contributed by atoms with Crippen LogP contribution in [0, 0.1) is 0 Å². The first kappa shape index (κ1) is 14.3. The molecule has 15 heavy (non-hydrogen) atoms. The smallest absolute Gasteiger partial charge is 0.307 e. The Balaban J connectivity index is 3.59. The number of unbranched alkanes of at least 4 members (excludes halogenated alkanes) is 1. The van der Waals surface area contributed by atoms with Crippen molar-refractivity contribution in [1.82, 2.24) is 5.48 Å². The second-order valence-corrected chi connectivity index (χ2v) is 4.02. The van der Waals surface area contributed by atoms with Crippen molar-refractivity contribution in [2.75, 3.05) is 20.3 Å². The molecule has 0 spiro atoms. The van der Waals surface area contributed by atoms with Crippen molar-refractivity contribution in [1.29, 1.82) is 0 Å². The van der Waals surface area contributed by atoms with E-state index in [1.807, 2.05) is 13.8 Å². The van der Waals surface area contributed by atoms with Crippen LogP contribution in [0.15, 0.2) is 0 Å². The van der Waals surface area contributed by atoms with E-state index in [4.69, 9.17) is 9.94 Å². The zero-order chi connectivity index (χ0) is 11.7. The molecule has 0 bridgehead atoms. The summed E-state index contributed by atoms with van der Waals surface area (Å²) in [5.41, 5.74) is 2.36. The van der Waals surface area contributed by atoms with E-state index in [9.17, 15) is 4.79 Å². The molecule has 0 rings (SSSR count). The molecule has 0 saturated carbocycles. The Morgan fingerprint density at radius 1 is 1.40 bits per heavy atom. The van der Waals surface area contributed by atoms with Gasteiger partial charge in [0.2, 0.25) is 0 Å². The van der Waals surface area contributed by atoms with Gasteiger partial charge in [-0.25, -0.2) is 0 Å². The molecule has 0 atom stereocenters. The minimum Gasteiger partial charge on any atom is -0.469 e. The van der Waals surface area contributed by atoms with Crippen LogP contribution in [0.3, 0.4) is 0 Å². The van der Waals surface area contributed by atoms with Crippen LogP contribution in [0.25, 0.3) is 0 Å². The summed E-state index contributed by atoms with van der Waals surface area (Å²) in [5, 5.41) is 8.54. The zero-order valence-electron chi connectivity index (χ0n) is 9.71. The first-order valence-corrected chi connectivity index (χ1v) is 5.08. The summed E-state index contributed by atoms with van der Waals surface area (Å²) in [5.74, 6) is -0.272. The molecule has 90 valence electrons. The lowest BCUT2D eigenvalue weighted by atomic mass is 10.0. The van der Waals surface area contributed by atoms with E-state index in [1.54, 1.807) is 0 Å². The monoisotopic (exact) mass is 219 g/mol. The Kier molecular flexibility index (Phi) is 7.29. The third-order valence-corrected chi connectivity index (χ3v) is 1.82. The number of rotatable bonds is 8. The Hall–Kier alpha value is -0.650. The number of hydrogen-bond donors (Lipinski definition) is 2. The average molecular weight is 219 g/mol. The number of ether oxygens (including phenoxy) is 1. The molecule has 5 nitrogen and oxygen atoms in total.